The number of aliphatic carboxylic acids is 1. The predicted molar refractivity (Wildman–Crippen MR) is 56.2 cm³/mol. The Labute approximate surface area is 88.7 Å². The van der Waals surface area contributed by atoms with Gasteiger partial charge in [0, 0.05) is 5.92 Å². The molecule has 1 aliphatic rings. The molecule has 0 aliphatic heterocycles. The monoisotopic (exact) mass is 206 g/mol. The molecule has 2 atom stereocenters. The first-order valence-corrected chi connectivity index (χ1v) is 5.01. The molecule has 0 heterocycles. The minimum absolute atomic E-state index is 0.137. The summed E-state index contributed by atoms with van der Waals surface area (Å²) in [4.78, 5) is 10.8. The Morgan fingerprint density at radius 2 is 2.27 bits per heavy atom. The molecule has 1 saturated carbocycles. The number of methoxy groups -OCH3 is 1. The highest BCUT2D eigenvalue weighted by Gasteiger charge is 2.45. The zero-order valence-electron chi connectivity index (χ0n) is 8.86. The maximum absolute atomic E-state index is 10.8. The lowest BCUT2D eigenvalue weighted by Gasteiger charge is -2.08. The fourth-order valence-electron chi connectivity index (χ4n) is 1.94. The van der Waals surface area contributed by atoms with E-state index in [0.29, 0.717) is 0 Å². The smallest absolute Gasteiger partial charge is 0.307 e. The van der Waals surface area contributed by atoms with Crippen LogP contribution < -0.4 is 4.74 Å². The molecule has 1 aromatic carbocycles. The normalized spacial score (nSPS) is 23.6. The van der Waals surface area contributed by atoms with Crippen molar-refractivity contribution >= 4 is 5.97 Å². The Balaban J connectivity index is 2.26. The van der Waals surface area contributed by atoms with Crippen LogP contribution in [0.5, 0.6) is 5.75 Å². The number of carboxylic acids is 1. The lowest BCUT2D eigenvalue weighted by Crippen LogP contribution is -2.00. The lowest BCUT2D eigenvalue weighted by molar-refractivity contribution is -0.138. The third kappa shape index (κ3) is 1.82. The van der Waals surface area contributed by atoms with Crippen LogP contribution in [0.1, 0.15) is 23.5 Å². The number of carbonyl (C=O) groups is 1. The van der Waals surface area contributed by atoms with Crippen LogP contribution in [0.2, 0.25) is 0 Å². The van der Waals surface area contributed by atoms with E-state index in [4.69, 9.17) is 9.84 Å². The van der Waals surface area contributed by atoms with Crippen molar-refractivity contribution in [1.29, 1.82) is 0 Å². The zero-order valence-corrected chi connectivity index (χ0v) is 8.86. The number of ether oxygens (including phenoxy) is 1. The molecule has 1 N–H and O–H groups in total. The molecule has 0 aromatic heterocycles. The SMILES string of the molecule is COc1cc(C)ccc1[C@@H]1C[C@H]1C(=O)O. The Morgan fingerprint density at radius 1 is 1.53 bits per heavy atom. The van der Waals surface area contributed by atoms with Crippen molar-refractivity contribution in [3.8, 4) is 5.75 Å². The molecular weight excluding hydrogens is 192 g/mol. The molecule has 1 aromatic rings. The van der Waals surface area contributed by atoms with Gasteiger partial charge in [-0.05, 0) is 30.5 Å². The van der Waals surface area contributed by atoms with E-state index in [1.54, 1.807) is 7.11 Å². The van der Waals surface area contributed by atoms with Gasteiger partial charge in [0.15, 0.2) is 0 Å². The molecule has 0 saturated heterocycles. The molecule has 2 rings (SSSR count). The fraction of sp³-hybridized carbons (Fsp3) is 0.417. The van der Waals surface area contributed by atoms with Crippen molar-refractivity contribution in [1.82, 2.24) is 0 Å². The van der Waals surface area contributed by atoms with E-state index in [1.165, 1.54) is 0 Å². The summed E-state index contributed by atoms with van der Waals surface area (Å²) in [6.07, 6.45) is 0.731. The molecule has 0 radical (unpaired) electrons. The largest absolute Gasteiger partial charge is 0.496 e. The molecule has 3 heteroatoms. The maximum Gasteiger partial charge on any atom is 0.307 e. The number of hydrogen-bond acceptors (Lipinski definition) is 2. The number of hydrogen-bond donors (Lipinski definition) is 1. The minimum Gasteiger partial charge on any atom is -0.496 e. The average molecular weight is 206 g/mol. The Kier molecular flexibility index (Phi) is 2.39. The second-order valence-corrected chi connectivity index (χ2v) is 4.03. The average Bonchev–Trinajstić information content (AvgIpc) is 2.97. The Morgan fingerprint density at radius 3 is 2.80 bits per heavy atom. The molecular formula is C12H14O3. The van der Waals surface area contributed by atoms with Crippen LogP contribution in [0.4, 0.5) is 0 Å². The van der Waals surface area contributed by atoms with E-state index in [9.17, 15) is 4.79 Å². The van der Waals surface area contributed by atoms with E-state index in [1.807, 2.05) is 25.1 Å². The molecule has 0 bridgehead atoms. The Hall–Kier alpha value is -1.51. The zero-order chi connectivity index (χ0) is 11.0. The van der Waals surface area contributed by atoms with Gasteiger partial charge in [0.2, 0.25) is 0 Å². The number of aryl methyl sites for hydroxylation is 1. The summed E-state index contributed by atoms with van der Waals surface area (Å²) in [6.45, 7) is 1.99. The lowest BCUT2D eigenvalue weighted by atomic mass is 10.1. The van der Waals surface area contributed by atoms with Crippen molar-refractivity contribution in [2.75, 3.05) is 7.11 Å². The second-order valence-electron chi connectivity index (χ2n) is 4.03. The number of carboxylic acid groups (broad SMARTS) is 1. The standard InChI is InChI=1S/C12H14O3/c1-7-3-4-8(11(5-7)15-2)9-6-10(9)12(13)14/h3-5,9-10H,6H2,1-2H3,(H,13,14)/t9-,10+/m0/s1. The molecule has 0 amide bonds. The maximum atomic E-state index is 10.8. The molecule has 1 fully saturated rings. The van der Waals surface area contributed by atoms with Crippen molar-refractivity contribution in [2.45, 2.75) is 19.3 Å². The summed E-state index contributed by atoms with van der Waals surface area (Å²) >= 11 is 0. The molecule has 3 nitrogen and oxygen atoms in total. The highest BCUT2D eigenvalue weighted by molar-refractivity contribution is 5.75. The third-order valence-electron chi connectivity index (χ3n) is 2.90. The quantitative estimate of drug-likeness (QED) is 0.824. The van der Waals surface area contributed by atoms with E-state index in [2.05, 4.69) is 0 Å². The summed E-state index contributed by atoms with van der Waals surface area (Å²) in [7, 11) is 1.62. The van der Waals surface area contributed by atoms with Crippen LogP contribution in [-0.2, 0) is 4.79 Å². The van der Waals surface area contributed by atoms with Gasteiger partial charge in [0.1, 0.15) is 5.75 Å². The van der Waals surface area contributed by atoms with Crippen LogP contribution in [0.3, 0.4) is 0 Å². The van der Waals surface area contributed by atoms with Gasteiger partial charge < -0.3 is 9.84 Å². The molecule has 1 aliphatic carbocycles. The highest BCUT2D eigenvalue weighted by atomic mass is 16.5. The van der Waals surface area contributed by atoms with Gasteiger partial charge in [-0.2, -0.15) is 0 Å². The third-order valence-corrected chi connectivity index (χ3v) is 2.90. The first kappa shape index (κ1) is 10.0. The van der Waals surface area contributed by atoms with Crippen LogP contribution in [0.15, 0.2) is 18.2 Å². The summed E-state index contributed by atoms with van der Waals surface area (Å²) in [5, 5.41) is 8.86. The van der Waals surface area contributed by atoms with Crippen LogP contribution in [0, 0.1) is 12.8 Å². The summed E-state index contributed by atoms with van der Waals surface area (Å²) < 4.78 is 5.26. The van der Waals surface area contributed by atoms with E-state index in [0.717, 1.165) is 23.3 Å². The van der Waals surface area contributed by atoms with Gasteiger partial charge >= 0.3 is 5.97 Å². The number of rotatable bonds is 3. The molecule has 0 unspecified atom stereocenters. The van der Waals surface area contributed by atoms with E-state index < -0.39 is 5.97 Å². The van der Waals surface area contributed by atoms with Crippen LogP contribution >= 0.6 is 0 Å². The van der Waals surface area contributed by atoms with Gasteiger partial charge in [-0.25, -0.2) is 0 Å². The topological polar surface area (TPSA) is 46.5 Å². The first-order valence-electron chi connectivity index (χ1n) is 5.01. The van der Waals surface area contributed by atoms with Gasteiger partial charge in [-0.15, -0.1) is 0 Å². The first-order chi connectivity index (χ1) is 7.13. The van der Waals surface area contributed by atoms with Crippen LogP contribution in [-0.4, -0.2) is 18.2 Å². The van der Waals surface area contributed by atoms with Crippen molar-refractivity contribution in [3.63, 3.8) is 0 Å². The van der Waals surface area contributed by atoms with Crippen molar-refractivity contribution in [2.24, 2.45) is 5.92 Å². The van der Waals surface area contributed by atoms with E-state index >= 15 is 0 Å². The Bertz CT molecular complexity index is 398. The summed E-state index contributed by atoms with van der Waals surface area (Å²) in [5.74, 6) is 0.0195. The second kappa shape index (κ2) is 3.57. The number of benzene rings is 1. The minimum atomic E-state index is -0.706. The van der Waals surface area contributed by atoms with Gasteiger partial charge in [0.05, 0.1) is 13.0 Å². The summed E-state index contributed by atoms with van der Waals surface area (Å²) in [6, 6.07) is 5.92. The summed E-state index contributed by atoms with van der Waals surface area (Å²) in [5.41, 5.74) is 2.15. The fourth-order valence-corrected chi connectivity index (χ4v) is 1.94. The van der Waals surface area contributed by atoms with Gasteiger partial charge in [-0.3, -0.25) is 4.79 Å². The molecule has 80 valence electrons. The van der Waals surface area contributed by atoms with Gasteiger partial charge in [-0.1, -0.05) is 12.1 Å². The van der Waals surface area contributed by atoms with E-state index in [-0.39, 0.29) is 11.8 Å². The molecule has 15 heavy (non-hydrogen) atoms. The van der Waals surface area contributed by atoms with Crippen molar-refractivity contribution in [3.05, 3.63) is 29.3 Å². The predicted octanol–water partition coefficient (Wildman–Crippen LogP) is 2.19. The van der Waals surface area contributed by atoms with Crippen LogP contribution in [0.25, 0.3) is 0 Å². The molecule has 0 spiro atoms. The van der Waals surface area contributed by atoms with Gasteiger partial charge in [0.25, 0.3) is 0 Å². The van der Waals surface area contributed by atoms with Crippen molar-refractivity contribution < 1.29 is 14.6 Å². The highest BCUT2D eigenvalue weighted by Crippen LogP contribution is 2.50.